The van der Waals surface area contributed by atoms with Crippen LogP contribution in [0.2, 0.25) is 0 Å². The van der Waals surface area contributed by atoms with E-state index in [4.69, 9.17) is 0 Å². The Morgan fingerprint density at radius 2 is 1.50 bits per heavy atom. The summed E-state index contributed by atoms with van der Waals surface area (Å²) in [5, 5.41) is 13.5. The van der Waals surface area contributed by atoms with Gasteiger partial charge in [0.1, 0.15) is 0 Å². The highest BCUT2D eigenvalue weighted by atomic mass is 16.6. The molecule has 5 heteroatoms. The number of rotatable bonds is 13. The van der Waals surface area contributed by atoms with Crippen molar-refractivity contribution in [2.45, 2.75) is 71.1 Å². The molecule has 0 aliphatic heterocycles. The Bertz CT molecular complexity index is 486. The molecule has 0 spiro atoms. The molecular weight excluding hydrogens is 304 g/mol. The van der Waals surface area contributed by atoms with Crippen molar-refractivity contribution in [3.63, 3.8) is 0 Å². The van der Waals surface area contributed by atoms with Gasteiger partial charge in [0, 0.05) is 18.7 Å². The first-order valence-electron chi connectivity index (χ1n) is 9.13. The molecule has 1 amide bonds. The van der Waals surface area contributed by atoms with Crippen LogP contribution in [0.4, 0.5) is 5.69 Å². The van der Waals surface area contributed by atoms with Crippen LogP contribution in [0.15, 0.2) is 24.3 Å². The molecule has 1 N–H and O–H groups in total. The van der Waals surface area contributed by atoms with Crippen molar-refractivity contribution in [2.75, 3.05) is 6.54 Å². The van der Waals surface area contributed by atoms with Gasteiger partial charge in [-0.3, -0.25) is 14.9 Å². The highest BCUT2D eigenvalue weighted by Crippen LogP contribution is 2.12. The van der Waals surface area contributed by atoms with E-state index in [2.05, 4.69) is 12.2 Å². The van der Waals surface area contributed by atoms with E-state index in [-0.39, 0.29) is 18.0 Å². The van der Waals surface area contributed by atoms with Gasteiger partial charge >= 0.3 is 0 Å². The van der Waals surface area contributed by atoms with Crippen molar-refractivity contribution < 1.29 is 9.72 Å². The zero-order valence-corrected chi connectivity index (χ0v) is 14.8. The van der Waals surface area contributed by atoms with E-state index in [0.29, 0.717) is 6.54 Å². The second-order valence-electron chi connectivity index (χ2n) is 6.28. The van der Waals surface area contributed by atoms with Gasteiger partial charge < -0.3 is 5.32 Å². The van der Waals surface area contributed by atoms with Crippen LogP contribution in [-0.2, 0) is 11.2 Å². The third-order valence-electron chi connectivity index (χ3n) is 4.11. The highest BCUT2D eigenvalue weighted by Gasteiger charge is 2.06. The number of hydrogen-bond donors (Lipinski definition) is 1. The Hall–Kier alpha value is -1.91. The lowest BCUT2D eigenvalue weighted by molar-refractivity contribution is -0.384. The van der Waals surface area contributed by atoms with E-state index in [1.54, 1.807) is 12.1 Å². The van der Waals surface area contributed by atoms with Crippen LogP contribution in [0, 0.1) is 10.1 Å². The molecule has 0 aliphatic carbocycles. The maximum Gasteiger partial charge on any atom is 0.269 e. The third kappa shape index (κ3) is 9.28. The number of non-ortho nitro benzene ring substituents is 1. The van der Waals surface area contributed by atoms with Crippen LogP contribution in [0.1, 0.15) is 70.3 Å². The predicted molar refractivity (Wildman–Crippen MR) is 97.0 cm³/mol. The summed E-state index contributed by atoms with van der Waals surface area (Å²) in [6, 6.07) is 6.14. The van der Waals surface area contributed by atoms with Crippen molar-refractivity contribution in [1.29, 1.82) is 0 Å². The smallest absolute Gasteiger partial charge is 0.269 e. The van der Waals surface area contributed by atoms with E-state index in [1.807, 2.05) is 0 Å². The van der Waals surface area contributed by atoms with Crippen molar-refractivity contribution in [1.82, 2.24) is 5.32 Å². The molecule has 1 aromatic carbocycles. The lowest BCUT2D eigenvalue weighted by atomic mass is 10.1. The van der Waals surface area contributed by atoms with E-state index in [0.717, 1.165) is 18.4 Å². The average Bonchev–Trinajstić information content (AvgIpc) is 2.57. The largest absolute Gasteiger partial charge is 0.356 e. The fraction of sp³-hybridized carbons (Fsp3) is 0.632. The molecule has 1 aromatic rings. The molecule has 0 heterocycles. The summed E-state index contributed by atoms with van der Waals surface area (Å²) in [6.45, 7) is 2.94. The van der Waals surface area contributed by atoms with Gasteiger partial charge in [0.05, 0.1) is 11.3 Å². The predicted octanol–water partition coefficient (Wildman–Crippen LogP) is 4.78. The van der Waals surface area contributed by atoms with Crippen molar-refractivity contribution in [3.8, 4) is 0 Å². The summed E-state index contributed by atoms with van der Waals surface area (Å²) in [5.74, 6) is -0.0246. The minimum absolute atomic E-state index is 0.0246. The SMILES string of the molecule is CCCCCCCCCCCNC(=O)Cc1ccc([N+](=O)[O-])cc1. The van der Waals surface area contributed by atoms with Crippen LogP contribution in [0.3, 0.4) is 0 Å². The molecule has 0 saturated heterocycles. The highest BCUT2D eigenvalue weighted by molar-refractivity contribution is 5.78. The Morgan fingerprint density at radius 1 is 0.958 bits per heavy atom. The summed E-state index contributed by atoms with van der Waals surface area (Å²) in [4.78, 5) is 22.0. The first-order valence-corrected chi connectivity index (χ1v) is 9.13. The molecule has 0 unspecified atom stereocenters. The van der Waals surface area contributed by atoms with Crippen LogP contribution in [0.5, 0.6) is 0 Å². The number of nitro benzene ring substituents is 1. The zero-order valence-electron chi connectivity index (χ0n) is 14.8. The molecule has 0 saturated carbocycles. The van der Waals surface area contributed by atoms with Gasteiger partial charge in [0.15, 0.2) is 0 Å². The van der Waals surface area contributed by atoms with Crippen LogP contribution < -0.4 is 5.32 Å². The van der Waals surface area contributed by atoms with E-state index >= 15 is 0 Å². The maximum absolute atomic E-state index is 11.8. The number of carbonyl (C=O) groups excluding carboxylic acids is 1. The average molecular weight is 334 g/mol. The molecule has 0 aromatic heterocycles. The number of carbonyl (C=O) groups is 1. The normalized spacial score (nSPS) is 10.5. The molecule has 0 fully saturated rings. The number of amides is 1. The second kappa shape index (κ2) is 12.5. The van der Waals surface area contributed by atoms with Gasteiger partial charge in [-0.25, -0.2) is 0 Å². The van der Waals surface area contributed by atoms with Gasteiger partial charge in [0.2, 0.25) is 5.91 Å². The minimum Gasteiger partial charge on any atom is -0.356 e. The molecule has 0 atom stereocenters. The summed E-state index contributed by atoms with van der Waals surface area (Å²) in [5.41, 5.74) is 0.846. The third-order valence-corrected chi connectivity index (χ3v) is 4.11. The van der Waals surface area contributed by atoms with E-state index < -0.39 is 4.92 Å². The van der Waals surface area contributed by atoms with E-state index in [9.17, 15) is 14.9 Å². The summed E-state index contributed by atoms with van der Waals surface area (Å²) >= 11 is 0. The summed E-state index contributed by atoms with van der Waals surface area (Å²) < 4.78 is 0. The standard InChI is InChI=1S/C19H30N2O3/c1-2-3-4-5-6-7-8-9-10-15-20-19(22)16-17-11-13-18(14-12-17)21(23)24/h11-14H,2-10,15-16H2,1H3,(H,20,22). The molecule has 0 bridgehead atoms. The molecule has 24 heavy (non-hydrogen) atoms. The molecule has 134 valence electrons. The van der Waals surface area contributed by atoms with Gasteiger partial charge in [-0.1, -0.05) is 70.4 Å². The van der Waals surface area contributed by atoms with Gasteiger partial charge in [-0.15, -0.1) is 0 Å². The minimum atomic E-state index is -0.437. The van der Waals surface area contributed by atoms with Crippen LogP contribution in [-0.4, -0.2) is 17.4 Å². The Morgan fingerprint density at radius 3 is 2.04 bits per heavy atom. The fourth-order valence-corrected chi connectivity index (χ4v) is 2.65. The maximum atomic E-state index is 11.8. The second-order valence-corrected chi connectivity index (χ2v) is 6.28. The number of nitro groups is 1. The Labute approximate surface area is 145 Å². The van der Waals surface area contributed by atoms with Crippen LogP contribution >= 0.6 is 0 Å². The molecule has 0 radical (unpaired) electrons. The molecule has 5 nitrogen and oxygen atoms in total. The number of hydrogen-bond acceptors (Lipinski definition) is 3. The fourth-order valence-electron chi connectivity index (χ4n) is 2.65. The topological polar surface area (TPSA) is 72.2 Å². The Kier molecular flexibility index (Phi) is 10.5. The summed E-state index contributed by atoms with van der Waals surface area (Å²) in [7, 11) is 0. The van der Waals surface area contributed by atoms with Crippen molar-refractivity contribution in [2.24, 2.45) is 0 Å². The van der Waals surface area contributed by atoms with Crippen molar-refractivity contribution >= 4 is 11.6 Å². The van der Waals surface area contributed by atoms with Crippen LogP contribution in [0.25, 0.3) is 0 Å². The molecular formula is C19H30N2O3. The zero-order chi connectivity index (χ0) is 17.6. The number of nitrogens with zero attached hydrogens (tertiary/aromatic N) is 1. The lowest BCUT2D eigenvalue weighted by Crippen LogP contribution is -2.26. The quantitative estimate of drug-likeness (QED) is 0.320. The van der Waals surface area contributed by atoms with E-state index in [1.165, 1.54) is 57.1 Å². The molecule has 1 rings (SSSR count). The van der Waals surface area contributed by atoms with Gasteiger partial charge in [-0.2, -0.15) is 0 Å². The molecule has 0 aliphatic rings. The Balaban J connectivity index is 2.03. The van der Waals surface area contributed by atoms with Gasteiger partial charge in [-0.05, 0) is 12.0 Å². The lowest BCUT2D eigenvalue weighted by Gasteiger charge is -2.05. The number of unbranched alkanes of at least 4 members (excludes halogenated alkanes) is 8. The number of benzene rings is 1. The first-order chi connectivity index (χ1) is 11.6. The van der Waals surface area contributed by atoms with Gasteiger partial charge in [0.25, 0.3) is 5.69 Å². The summed E-state index contributed by atoms with van der Waals surface area (Å²) in [6.07, 6.45) is 11.6. The monoisotopic (exact) mass is 334 g/mol. The van der Waals surface area contributed by atoms with Crippen molar-refractivity contribution in [3.05, 3.63) is 39.9 Å². The first kappa shape index (κ1) is 20.1. The number of nitrogens with one attached hydrogen (secondary N) is 1.